The molecule has 0 radical (unpaired) electrons. The van der Waals surface area contributed by atoms with Crippen LogP contribution in [0.15, 0.2) is 16.6 Å². The summed E-state index contributed by atoms with van der Waals surface area (Å²) in [5.74, 6) is 0.784. The molecule has 0 saturated carbocycles. The summed E-state index contributed by atoms with van der Waals surface area (Å²) >= 11 is 7.19. The van der Waals surface area contributed by atoms with Gasteiger partial charge in [0, 0.05) is 17.4 Å². The lowest BCUT2D eigenvalue weighted by molar-refractivity contribution is 0.657. The van der Waals surface area contributed by atoms with Gasteiger partial charge >= 0.3 is 0 Å². The highest BCUT2D eigenvalue weighted by molar-refractivity contribution is 9.10. The Kier molecular flexibility index (Phi) is 2.84. The van der Waals surface area contributed by atoms with E-state index in [1.54, 1.807) is 0 Å². The van der Waals surface area contributed by atoms with E-state index in [1.807, 2.05) is 26.0 Å². The van der Waals surface area contributed by atoms with E-state index in [2.05, 4.69) is 28.8 Å². The van der Waals surface area contributed by atoms with Gasteiger partial charge in [-0.05, 0) is 37.1 Å². The summed E-state index contributed by atoms with van der Waals surface area (Å²) < 4.78 is 5.94. The van der Waals surface area contributed by atoms with Crippen molar-refractivity contribution in [3.8, 4) is 5.75 Å². The van der Waals surface area contributed by atoms with E-state index in [-0.39, 0.29) is 0 Å². The molecule has 0 spiro atoms. The zero-order valence-corrected chi connectivity index (χ0v) is 8.87. The van der Waals surface area contributed by atoms with Gasteiger partial charge in [-0.2, -0.15) is 0 Å². The second-order valence-corrected chi connectivity index (χ2v) is 3.44. The maximum Gasteiger partial charge on any atom is 0.137 e. The van der Waals surface area contributed by atoms with Gasteiger partial charge in [0.05, 0.1) is 0 Å². The number of hydrogen-bond acceptors (Lipinski definition) is 2. The maximum atomic E-state index is 4.80. The summed E-state index contributed by atoms with van der Waals surface area (Å²) in [7, 11) is 0. The Morgan fingerprint density at radius 3 is 2.09 bits per heavy atom. The molecular formula is C8H9BrOS. The second-order valence-electron chi connectivity index (χ2n) is 2.46. The fourth-order valence-corrected chi connectivity index (χ4v) is 1.29. The molecule has 0 heterocycles. The van der Waals surface area contributed by atoms with Crippen LogP contribution in [0, 0.1) is 13.8 Å². The summed E-state index contributed by atoms with van der Waals surface area (Å²) in [5.41, 5.74) is 2.32. The van der Waals surface area contributed by atoms with Crippen molar-refractivity contribution in [2.75, 3.05) is 0 Å². The highest BCUT2D eigenvalue weighted by atomic mass is 79.9. The largest absolute Gasteiger partial charge is 0.429 e. The van der Waals surface area contributed by atoms with E-state index < -0.39 is 0 Å². The minimum atomic E-state index is 0.784. The van der Waals surface area contributed by atoms with Crippen LogP contribution < -0.4 is 4.18 Å². The molecule has 1 nitrogen and oxygen atoms in total. The first-order valence-corrected chi connectivity index (χ1v) is 4.39. The van der Waals surface area contributed by atoms with Gasteiger partial charge in [-0.3, -0.25) is 0 Å². The molecule has 0 aliphatic rings. The van der Waals surface area contributed by atoms with E-state index in [9.17, 15) is 0 Å². The fraction of sp³-hybridized carbons (Fsp3) is 0.250. The number of aryl methyl sites for hydroxylation is 2. The average molecular weight is 233 g/mol. The van der Waals surface area contributed by atoms with Crippen molar-refractivity contribution < 1.29 is 4.18 Å². The van der Waals surface area contributed by atoms with Gasteiger partial charge < -0.3 is 4.18 Å². The lowest BCUT2D eigenvalue weighted by atomic mass is 10.1. The molecule has 11 heavy (non-hydrogen) atoms. The van der Waals surface area contributed by atoms with E-state index in [0.717, 1.165) is 21.3 Å². The molecule has 0 bridgehead atoms. The molecule has 1 aromatic rings. The molecule has 0 saturated heterocycles. The lowest BCUT2D eigenvalue weighted by Gasteiger charge is -2.04. The monoisotopic (exact) mass is 232 g/mol. The maximum absolute atomic E-state index is 4.80. The second kappa shape index (κ2) is 3.50. The van der Waals surface area contributed by atoms with Crippen LogP contribution in [-0.4, -0.2) is 0 Å². The molecule has 1 rings (SSSR count). The Hall–Kier alpha value is -0.150. The van der Waals surface area contributed by atoms with Gasteiger partial charge in [0.25, 0.3) is 0 Å². The summed E-state index contributed by atoms with van der Waals surface area (Å²) in [6.45, 7) is 4.04. The van der Waals surface area contributed by atoms with Crippen LogP contribution in [0.1, 0.15) is 11.1 Å². The molecule has 0 fully saturated rings. The molecule has 3 heteroatoms. The number of hydrogen-bond donors (Lipinski definition) is 1. The predicted octanol–water partition coefficient (Wildman–Crippen LogP) is 3.29. The van der Waals surface area contributed by atoms with E-state index in [4.69, 9.17) is 4.18 Å². The third kappa shape index (κ3) is 1.91. The van der Waals surface area contributed by atoms with Gasteiger partial charge in [0.2, 0.25) is 0 Å². The van der Waals surface area contributed by atoms with Crippen LogP contribution in [0.2, 0.25) is 0 Å². The van der Waals surface area contributed by atoms with Gasteiger partial charge in [-0.15, -0.1) is 0 Å². The number of benzene rings is 1. The molecule has 0 amide bonds. The first kappa shape index (κ1) is 8.94. The van der Waals surface area contributed by atoms with E-state index in [1.165, 1.54) is 0 Å². The molecular weight excluding hydrogens is 224 g/mol. The van der Waals surface area contributed by atoms with E-state index in [0.29, 0.717) is 0 Å². The van der Waals surface area contributed by atoms with Gasteiger partial charge in [-0.25, -0.2) is 0 Å². The molecule has 1 aromatic carbocycles. The summed E-state index contributed by atoms with van der Waals surface area (Å²) in [4.78, 5) is 0. The quantitative estimate of drug-likeness (QED) is 0.578. The Morgan fingerprint density at radius 2 is 1.73 bits per heavy atom. The summed E-state index contributed by atoms with van der Waals surface area (Å²) in [6, 6.07) is 3.87. The Morgan fingerprint density at radius 1 is 1.27 bits per heavy atom. The van der Waals surface area contributed by atoms with Crippen LogP contribution in [0.4, 0.5) is 0 Å². The zero-order chi connectivity index (χ0) is 8.43. The first-order valence-electron chi connectivity index (χ1n) is 3.23. The highest BCUT2D eigenvalue weighted by Gasteiger charge is 2.01. The molecule has 0 unspecified atom stereocenters. The van der Waals surface area contributed by atoms with Crippen molar-refractivity contribution >= 4 is 28.8 Å². The fourth-order valence-electron chi connectivity index (χ4n) is 0.959. The number of thiol groups is 1. The Labute approximate surface area is 80.5 Å². The summed E-state index contributed by atoms with van der Waals surface area (Å²) in [6.07, 6.45) is 0. The molecule has 0 N–H and O–H groups in total. The third-order valence-electron chi connectivity index (χ3n) is 1.52. The van der Waals surface area contributed by atoms with Crippen molar-refractivity contribution in [2.24, 2.45) is 0 Å². The van der Waals surface area contributed by atoms with Crippen molar-refractivity contribution in [3.63, 3.8) is 0 Å². The predicted molar refractivity (Wildman–Crippen MR) is 53.2 cm³/mol. The van der Waals surface area contributed by atoms with Crippen molar-refractivity contribution in [3.05, 3.63) is 27.7 Å². The minimum Gasteiger partial charge on any atom is -0.429 e. The first-order chi connectivity index (χ1) is 5.15. The number of halogens is 1. The minimum absolute atomic E-state index is 0.784. The normalized spacial score (nSPS) is 9.82. The highest BCUT2D eigenvalue weighted by Crippen LogP contribution is 2.26. The van der Waals surface area contributed by atoms with Crippen LogP contribution in [0.5, 0.6) is 5.75 Å². The molecule has 0 aliphatic carbocycles. The number of rotatable bonds is 1. The van der Waals surface area contributed by atoms with Crippen molar-refractivity contribution in [1.29, 1.82) is 0 Å². The van der Waals surface area contributed by atoms with Crippen LogP contribution in [0.25, 0.3) is 0 Å². The standard InChI is InChI=1S/C8H9BrOS/c1-5-3-7(10-11)4-6(2)8(5)9/h3-4,11H,1-2H3. The smallest absolute Gasteiger partial charge is 0.137 e. The molecule has 0 aromatic heterocycles. The van der Waals surface area contributed by atoms with Crippen molar-refractivity contribution in [1.82, 2.24) is 0 Å². The molecule has 0 aliphatic heterocycles. The average Bonchev–Trinajstić information content (AvgIpc) is 1.99. The van der Waals surface area contributed by atoms with Gasteiger partial charge in [0.15, 0.2) is 0 Å². The SMILES string of the molecule is Cc1cc(OS)cc(C)c1Br. The zero-order valence-electron chi connectivity index (χ0n) is 6.39. The van der Waals surface area contributed by atoms with E-state index >= 15 is 0 Å². The molecule has 0 atom stereocenters. The Balaban J connectivity index is 3.21. The van der Waals surface area contributed by atoms with Crippen LogP contribution in [-0.2, 0) is 0 Å². The lowest BCUT2D eigenvalue weighted by Crippen LogP contribution is -1.83. The van der Waals surface area contributed by atoms with Crippen LogP contribution >= 0.6 is 28.8 Å². The summed E-state index contributed by atoms with van der Waals surface area (Å²) in [5, 5.41) is 0. The topological polar surface area (TPSA) is 9.23 Å². The van der Waals surface area contributed by atoms with Crippen LogP contribution in [0.3, 0.4) is 0 Å². The Bertz CT molecular complexity index is 250. The molecule has 60 valence electrons. The van der Waals surface area contributed by atoms with Crippen molar-refractivity contribution in [2.45, 2.75) is 13.8 Å². The van der Waals surface area contributed by atoms with Gasteiger partial charge in [0.1, 0.15) is 5.75 Å². The van der Waals surface area contributed by atoms with Gasteiger partial charge in [-0.1, -0.05) is 15.9 Å². The third-order valence-corrected chi connectivity index (χ3v) is 2.98.